The molecule has 1 heterocycles. The summed E-state index contributed by atoms with van der Waals surface area (Å²) >= 11 is 0. The smallest absolute Gasteiger partial charge is 0.224 e. The summed E-state index contributed by atoms with van der Waals surface area (Å²) in [4.78, 5) is 14.9. The maximum Gasteiger partial charge on any atom is 0.224 e. The first kappa shape index (κ1) is 19.5. The van der Waals surface area contributed by atoms with Crippen LogP contribution in [0, 0.1) is 5.92 Å². The summed E-state index contributed by atoms with van der Waals surface area (Å²) in [6.07, 6.45) is 4.06. The van der Waals surface area contributed by atoms with E-state index in [-0.39, 0.29) is 11.9 Å². The lowest BCUT2D eigenvalue weighted by Crippen LogP contribution is -2.34. The Morgan fingerprint density at radius 3 is 2.41 bits per heavy atom. The number of hydrogen-bond donors (Lipinski definition) is 1. The first-order chi connectivity index (χ1) is 13.0. The Kier molecular flexibility index (Phi) is 6.54. The molecule has 0 aromatic heterocycles. The fraction of sp³-hybridized carbons (Fsp3) is 0.458. The number of nitrogens with zero attached hydrogens (tertiary/aromatic N) is 1. The van der Waals surface area contributed by atoms with Crippen molar-refractivity contribution in [3.05, 3.63) is 65.2 Å². The van der Waals surface area contributed by atoms with Gasteiger partial charge in [0.05, 0.1) is 12.5 Å². The van der Waals surface area contributed by atoms with Crippen LogP contribution in [-0.4, -0.2) is 19.0 Å². The SMILES string of the molecule is CCc1ccc(CC(=O)NC(C)c2ccc(N3CCCC(C)C3)cc2)cc1. The van der Waals surface area contributed by atoms with Crippen molar-refractivity contribution < 1.29 is 4.79 Å². The molecule has 3 nitrogen and oxygen atoms in total. The van der Waals surface area contributed by atoms with Crippen molar-refractivity contribution in [3.8, 4) is 0 Å². The van der Waals surface area contributed by atoms with Crippen molar-refractivity contribution in [2.75, 3.05) is 18.0 Å². The van der Waals surface area contributed by atoms with E-state index in [2.05, 4.69) is 79.5 Å². The van der Waals surface area contributed by atoms with Crippen LogP contribution in [0.25, 0.3) is 0 Å². The summed E-state index contributed by atoms with van der Waals surface area (Å²) in [5.41, 5.74) is 4.81. The lowest BCUT2D eigenvalue weighted by atomic mass is 9.99. The summed E-state index contributed by atoms with van der Waals surface area (Å²) in [5.74, 6) is 0.837. The molecule has 1 amide bonds. The molecule has 3 rings (SSSR count). The van der Waals surface area contributed by atoms with Gasteiger partial charge in [-0.3, -0.25) is 4.79 Å². The van der Waals surface area contributed by atoms with E-state index in [4.69, 9.17) is 0 Å². The van der Waals surface area contributed by atoms with Crippen LogP contribution in [0.4, 0.5) is 5.69 Å². The van der Waals surface area contributed by atoms with Gasteiger partial charge in [-0.15, -0.1) is 0 Å². The lowest BCUT2D eigenvalue weighted by Gasteiger charge is -2.33. The third-order valence-electron chi connectivity index (χ3n) is 5.59. The Morgan fingerprint density at radius 2 is 1.78 bits per heavy atom. The van der Waals surface area contributed by atoms with Gasteiger partial charge in [0.15, 0.2) is 0 Å². The molecule has 1 saturated heterocycles. The second-order valence-electron chi connectivity index (χ2n) is 7.92. The Hall–Kier alpha value is -2.29. The van der Waals surface area contributed by atoms with E-state index in [1.54, 1.807) is 0 Å². The molecule has 1 fully saturated rings. The topological polar surface area (TPSA) is 32.3 Å². The van der Waals surface area contributed by atoms with Crippen molar-refractivity contribution in [1.82, 2.24) is 5.32 Å². The molecule has 144 valence electrons. The number of piperidine rings is 1. The monoisotopic (exact) mass is 364 g/mol. The average Bonchev–Trinajstić information content (AvgIpc) is 2.68. The predicted molar refractivity (Wildman–Crippen MR) is 113 cm³/mol. The molecular weight excluding hydrogens is 332 g/mol. The fourth-order valence-corrected chi connectivity index (χ4v) is 3.85. The van der Waals surface area contributed by atoms with Crippen LogP contribution >= 0.6 is 0 Å². The number of rotatable bonds is 6. The lowest BCUT2D eigenvalue weighted by molar-refractivity contribution is -0.121. The zero-order valence-electron chi connectivity index (χ0n) is 16.9. The van der Waals surface area contributed by atoms with Crippen molar-refractivity contribution in [2.24, 2.45) is 5.92 Å². The highest BCUT2D eigenvalue weighted by Gasteiger charge is 2.17. The molecule has 1 aliphatic rings. The van der Waals surface area contributed by atoms with Crippen LogP contribution in [0.15, 0.2) is 48.5 Å². The van der Waals surface area contributed by atoms with Crippen LogP contribution in [0.3, 0.4) is 0 Å². The van der Waals surface area contributed by atoms with Gasteiger partial charge < -0.3 is 10.2 Å². The molecule has 0 bridgehead atoms. The third kappa shape index (κ3) is 5.35. The third-order valence-corrected chi connectivity index (χ3v) is 5.59. The largest absolute Gasteiger partial charge is 0.371 e. The maximum atomic E-state index is 12.4. The molecule has 1 aliphatic heterocycles. The van der Waals surface area contributed by atoms with Gasteiger partial charge in [-0.2, -0.15) is 0 Å². The summed E-state index contributed by atoms with van der Waals surface area (Å²) in [6.45, 7) is 8.81. The minimum atomic E-state index is 0.0155. The Labute approximate surface area is 163 Å². The number of anilines is 1. The Bertz CT molecular complexity index is 736. The Morgan fingerprint density at radius 1 is 1.11 bits per heavy atom. The highest BCUT2D eigenvalue weighted by molar-refractivity contribution is 5.79. The molecule has 3 heteroatoms. The van der Waals surface area contributed by atoms with Crippen LogP contribution in [0.2, 0.25) is 0 Å². The molecule has 1 N–H and O–H groups in total. The van der Waals surface area contributed by atoms with Crippen LogP contribution in [0.1, 0.15) is 56.3 Å². The van der Waals surface area contributed by atoms with E-state index < -0.39 is 0 Å². The predicted octanol–water partition coefficient (Wildman–Crippen LogP) is 4.91. The minimum Gasteiger partial charge on any atom is -0.371 e. The average molecular weight is 365 g/mol. The van der Waals surface area contributed by atoms with Gasteiger partial charge in [0, 0.05) is 18.8 Å². The summed E-state index contributed by atoms with van der Waals surface area (Å²) in [7, 11) is 0. The number of benzene rings is 2. The molecule has 2 aromatic carbocycles. The first-order valence-electron chi connectivity index (χ1n) is 10.3. The number of nitrogens with one attached hydrogen (secondary N) is 1. The number of amides is 1. The van der Waals surface area contributed by atoms with Crippen LogP contribution < -0.4 is 10.2 Å². The number of hydrogen-bond acceptors (Lipinski definition) is 2. The van der Waals surface area contributed by atoms with Gasteiger partial charge in [0.2, 0.25) is 5.91 Å². The molecule has 0 radical (unpaired) electrons. The van der Waals surface area contributed by atoms with Gasteiger partial charge in [-0.25, -0.2) is 0 Å². The summed E-state index contributed by atoms with van der Waals surface area (Å²) in [5, 5.41) is 3.13. The minimum absolute atomic E-state index is 0.0155. The molecular formula is C24H32N2O. The van der Waals surface area contributed by atoms with Gasteiger partial charge in [0.1, 0.15) is 0 Å². The number of carbonyl (C=O) groups excluding carboxylic acids is 1. The van der Waals surface area contributed by atoms with Crippen molar-refractivity contribution >= 4 is 11.6 Å². The molecule has 0 aliphatic carbocycles. The van der Waals surface area contributed by atoms with E-state index >= 15 is 0 Å². The summed E-state index contributed by atoms with van der Waals surface area (Å²) in [6, 6.07) is 17.0. The highest BCUT2D eigenvalue weighted by atomic mass is 16.1. The van der Waals surface area contributed by atoms with Gasteiger partial charge in [0.25, 0.3) is 0 Å². The van der Waals surface area contributed by atoms with Gasteiger partial charge in [-0.1, -0.05) is 50.2 Å². The second-order valence-corrected chi connectivity index (χ2v) is 7.92. The quantitative estimate of drug-likeness (QED) is 0.790. The molecule has 2 atom stereocenters. The standard InChI is InChI=1S/C24H32N2O/c1-4-20-7-9-21(10-8-20)16-24(27)25-19(3)22-11-13-23(14-12-22)26-15-5-6-18(2)17-26/h7-14,18-19H,4-6,15-17H2,1-3H3,(H,25,27). The second kappa shape index (κ2) is 9.07. The fourth-order valence-electron chi connectivity index (χ4n) is 3.85. The van der Waals surface area contributed by atoms with E-state index in [1.807, 2.05) is 0 Å². The van der Waals surface area contributed by atoms with Gasteiger partial charge >= 0.3 is 0 Å². The van der Waals surface area contributed by atoms with E-state index in [9.17, 15) is 4.79 Å². The van der Waals surface area contributed by atoms with E-state index in [1.165, 1.54) is 24.1 Å². The molecule has 27 heavy (non-hydrogen) atoms. The molecule has 0 saturated carbocycles. The van der Waals surface area contributed by atoms with Crippen LogP contribution in [0.5, 0.6) is 0 Å². The maximum absolute atomic E-state index is 12.4. The van der Waals surface area contributed by atoms with Crippen molar-refractivity contribution in [3.63, 3.8) is 0 Å². The highest BCUT2D eigenvalue weighted by Crippen LogP contribution is 2.24. The molecule has 2 unspecified atom stereocenters. The molecule has 0 spiro atoms. The zero-order chi connectivity index (χ0) is 19.2. The number of carbonyl (C=O) groups is 1. The summed E-state index contributed by atoms with van der Waals surface area (Å²) < 4.78 is 0. The van der Waals surface area contributed by atoms with E-state index in [0.29, 0.717) is 6.42 Å². The molecule has 2 aromatic rings. The van der Waals surface area contributed by atoms with Crippen molar-refractivity contribution in [1.29, 1.82) is 0 Å². The zero-order valence-corrected chi connectivity index (χ0v) is 16.9. The first-order valence-corrected chi connectivity index (χ1v) is 10.3. The number of aryl methyl sites for hydroxylation is 1. The van der Waals surface area contributed by atoms with Crippen molar-refractivity contribution in [2.45, 2.75) is 52.5 Å². The van der Waals surface area contributed by atoms with Gasteiger partial charge in [-0.05, 0) is 60.9 Å². The Balaban J connectivity index is 1.55. The normalized spacial score (nSPS) is 18.2. The van der Waals surface area contributed by atoms with Crippen LogP contribution in [-0.2, 0) is 17.6 Å². The van der Waals surface area contributed by atoms with E-state index in [0.717, 1.165) is 36.6 Å².